The molecule has 0 radical (unpaired) electrons. The highest BCUT2D eigenvalue weighted by atomic mass is 32.1. The molecule has 0 amide bonds. The minimum atomic E-state index is -0.351. The summed E-state index contributed by atoms with van der Waals surface area (Å²) in [6, 6.07) is 0. The van der Waals surface area contributed by atoms with Crippen molar-refractivity contribution in [3.63, 3.8) is 0 Å². The predicted molar refractivity (Wildman–Crippen MR) is 73.3 cm³/mol. The molecule has 0 aliphatic rings. The molecule has 0 bridgehead atoms. The lowest BCUT2D eigenvalue weighted by Gasteiger charge is -2.02. The standard InChI is InChI=1S/C11H15N5O2S/c1-3-8-10(16(17)18)9(4-2)15(14-8)5-7-6-19-11(12)13-7/h6H,3-5H2,1-2H3,(H2,12,13). The van der Waals surface area contributed by atoms with Crippen molar-refractivity contribution in [2.24, 2.45) is 0 Å². The number of rotatable bonds is 5. The van der Waals surface area contributed by atoms with E-state index in [1.54, 1.807) is 4.68 Å². The second-order valence-corrected chi connectivity index (χ2v) is 4.93. The lowest BCUT2D eigenvalue weighted by atomic mass is 10.2. The van der Waals surface area contributed by atoms with Crippen LogP contribution in [0.15, 0.2) is 5.38 Å². The molecule has 0 unspecified atom stereocenters. The quantitative estimate of drug-likeness (QED) is 0.667. The molecular formula is C11H15N5O2S. The Morgan fingerprint density at radius 2 is 2.21 bits per heavy atom. The number of anilines is 1. The highest BCUT2D eigenvalue weighted by Crippen LogP contribution is 2.25. The van der Waals surface area contributed by atoms with E-state index < -0.39 is 0 Å². The van der Waals surface area contributed by atoms with Crippen LogP contribution in [0.2, 0.25) is 0 Å². The molecule has 0 aliphatic carbocycles. The van der Waals surface area contributed by atoms with Gasteiger partial charge in [-0.2, -0.15) is 5.10 Å². The van der Waals surface area contributed by atoms with Gasteiger partial charge in [0.05, 0.1) is 17.2 Å². The van der Waals surface area contributed by atoms with Crippen molar-refractivity contribution >= 4 is 22.2 Å². The van der Waals surface area contributed by atoms with Gasteiger partial charge in [0, 0.05) is 5.38 Å². The summed E-state index contributed by atoms with van der Waals surface area (Å²) in [7, 11) is 0. The lowest BCUT2D eigenvalue weighted by Crippen LogP contribution is -2.07. The number of nitro groups is 1. The lowest BCUT2D eigenvalue weighted by molar-refractivity contribution is -0.386. The summed E-state index contributed by atoms with van der Waals surface area (Å²) >= 11 is 1.35. The van der Waals surface area contributed by atoms with E-state index in [0.717, 1.165) is 5.69 Å². The van der Waals surface area contributed by atoms with E-state index in [9.17, 15) is 10.1 Å². The van der Waals surface area contributed by atoms with Crippen molar-refractivity contribution in [1.82, 2.24) is 14.8 Å². The van der Waals surface area contributed by atoms with Gasteiger partial charge in [-0.25, -0.2) is 4.98 Å². The smallest absolute Gasteiger partial charge is 0.313 e. The van der Waals surface area contributed by atoms with Crippen molar-refractivity contribution in [1.29, 1.82) is 0 Å². The van der Waals surface area contributed by atoms with Gasteiger partial charge < -0.3 is 5.73 Å². The van der Waals surface area contributed by atoms with Crippen molar-refractivity contribution < 1.29 is 4.92 Å². The van der Waals surface area contributed by atoms with Gasteiger partial charge in [0.25, 0.3) is 0 Å². The first kappa shape index (κ1) is 13.5. The van der Waals surface area contributed by atoms with Crippen LogP contribution >= 0.6 is 11.3 Å². The molecule has 2 aromatic heterocycles. The van der Waals surface area contributed by atoms with Gasteiger partial charge in [-0.15, -0.1) is 11.3 Å². The number of hydrogen-bond donors (Lipinski definition) is 1. The van der Waals surface area contributed by atoms with E-state index in [0.29, 0.717) is 35.9 Å². The van der Waals surface area contributed by atoms with Gasteiger partial charge in [0.1, 0.15) is 11.4 Å². The fraction of sp³-hybridized carbons (Fsp3) is 0.455. The average molecular weight is 281 g/mol. The fourth-order valence-electron chi connectivity index (χ4n) is 2.02. The summed E-state index contributed by atoms with van der Waals surface area (Å²) in [5, 5.41) is 17.8. The molecule has 102 valence electrons. The molecule has 7 nitrogen and oxygen atoms in total. The van der Waals surface area contributed by atoms with Crippen molar-refractivity contribution in [2.75, 3.05) is 5.73 Å². The van der Waals surface area contributed by atoms with Crippen LogP contribution in [0.25, 0.3) is 0 Å². The number of nitrogen functional groups attached to an aromatic ring is 1. The molecular weight excluding hydrogens is 266 g/mol. The summed E-state index contributed by atoms with van der Waals surface area (Å²) in [6.07, 6.45) is 1.10. The molecule has 8 heteroatoms. The molecule has 2 aromatic rings. The minimum Gasteiger partial charge on any atom is -0.375 e. The third kappa shape index (κ3) is 2.58. The second-order valence-electron chi connectivity index (χ2n) is 4.04. The Hall–Kier alpha value is -1.96. The fourth-order valence-corrected chi connectivity index (χ4v) is 2.57. The number of nitrogens with two attached hydrogens (primary N) is 1. The van der Waals surface area contributed by atoms with Crippen LogP contribution in [0.5, 0.6) is 0 Å². The average Bonchev–Trinajstić information content (AvgIpc) is 2.93. The molecule has 0 aromatic carbocycles. The summed E-state index contributed by atoms with van der Waals surface area (Å²) in [5.74, 6) is 0. The molecule has 2 rings (SSSR count). The van der Waals surface area contributed by atoms with Gasteiger partial charge in [0.2, 0.25) is 0 Å². The first-order valence-electron chi connectivity index (χ1n) is 5.99. The Morgan fingerprint density at radius 1 is 1.47 bits per heavy atom. The number of thiazole rings is 1. The summed E-state index contributed by atoms with van der Waals surface area (Å²) in [4.78, 5) is 15.0. The minimum absolute atomic E-state index is 0.133. The number of nitrogens with zero attached hydrogens (tertiary/aromatic N) is 4. The summed E-state index contributed by atoms with van der Waals surface area (Å²) in [5.41, 5.74) is 7.64. The van der Waals surface area contributed by atoms with Gasteiger partial charge in [0.15, 0.2) is 5.13 Å². The largest absolute Gasteiger partial charge is 0.375 e. The Labute approximate surface area is 114 Å². The molecule has 0 fully saturated rings. The van der Waals surface area contributed by atoms with Crippen molar-refractivity contribution in [3.8, 4) is 0 Å². The highest BCUT2D eigenvalue weighted by Gasteiger charge is 2.25. The first-order chi connectivity index (χ1) is 9.06. The van der Waals surface area contributed by atoms with E-state index in [2.05, 4.69) is 10.1 Å². The van der Waals surface area contributed by atoms with Crippen molar-refractivity contribution in [2.45, 2.75) is 33.2 Å². The Morgan fingerprint density at radius 3 is 2.68 bits per heavy atom. The van der Waals surface area contributed by atoms with Crippen LogP contribution in [-0.2, 0) is 19.4 Å². The summed E-state index contributed by atoms with van der Waals surface area (Å²) in [6.45, 7) is 4.16. The Balaban J connectivity index is 2.42. The Bertz CT molecular complexity index is 604. The molecule has 0 aliphatic heterocycles. The SMILES string of the molecule is CCc1nn(Cc2csc(N)n2)c(CC)c1[N+](=O)[O-]. The first-order valence-corrected chi connectivity index (χ1v) is 6.87. The van der Waals surface area contributed by atoms with Crippen LogP contribution in [0, 0.1) is 10.1 Å². The molecule has 2 N–H and O–H groups in total. The van der Waals surface area contributed by atoms with E-state index >= 15 is 0 Å². The number of aromatic nitrogens is 3. The van der Waals surface area contributed by atoms with Crippen LogP contribution in [-0.4, -0.2) is 19.7 Å². The monoisotopic (exact) mass is 281 g/mol. The zero-order chi connectivity index (χ0) is 14.0. The second kappa shape index (κ2) is 5.35. The summed E-state index contributed by atoms with van der Waals surface area (Å²) < 4.78 is 1.66. The Kier molecular flexibility index (Phi) is 3.79. The highest BCUT2D eigenvalue weighted by molar-refractivity contribution is 7.13. The predicted octanol–water partition coefficient (Wildman–Crippen LogP) is 2.00. The number of aryl methyl sites for hydroxylation is 1. The zero-order valence-electron chi connectivity index (χ0n) is 10.8. The van der Waals surface area contributed by atoms with Gasteiger partial charge >= 0.3 is 5.69 Å². The van der Waals surface area contributed by atoms with Crippen LogP contribution in [0.4, 0.5) is 10.8 Å². The maximum Gasteiger partial charge on any atom is 0.313 e. The van der Waals surface area contributed by atoms with E-state index in [1.807, 2.05) is 19.2 Å². The number of hydrogen-bond acceptors (Lipinski definition) is 6. The molecule has 0 saturated heterocycles. The van der Waals surface area contributed by atoms with Crippen LogP contribution in [0.3, 0.4) is 0 Å². The third-order valence-electron chi connectivity index (χ3n) is 2.83. The molecule has 0 spiro atoms. The van der Waals surface area contributed by atoms with Crippen molar-refractivity contribution in [3.05, 3.63) is 32.6 Å². The van der Waals surface area contributed by atoms with Crippen LogP contribution < -0.4 is 5.73 Å². The zero-order valence-corrected chi connectivity index (χ0v) is 11.6. The van der Waals surface area contributed by atoms with E-state index in [4.69, 9.17) is 5.73 Å². The maximum absolute atomic E-state index is 11.1. The third-order valence-corrected chi connectivity index (χ3v) is 3.56. The molecule has 19 heavy (non-hydrogen) atoms. The molecule has 2 heterocycles. The maximum atomic E-state index is 11.1. The van der Waals surface area contributed by atoms with Gasteiger partial charge in [-0.3, -0.25) is 14.8 Å². The molecule has 0 saturated carbocycles. The van der Waals surface area contributed by atoms with Crippen LogP contribution in [0.1, 0.15) is 30.9 Å². The van der Waals surface area contributed by atoms with Gasteiger partial charge in [-0.05, 0) is 12.8 Å². The van der Waals surface area contributed by atoms with Gasteiger partial charge in [-0.1, -0.05) is 13.8 Å². The topological polar surface area (TPSA) is 99.9 Å². The normalized spacial score (nSPS) is 10.8. The van der Waals surface area contributed by atoms with E-state index in [1.165, 1.54) is 11.3 Å². The van der Waals surface area contributed by atoms with E-state index in [-0.39, 0.29) is 10.6 Å². The molecule has 0 atom stereocenters.